The summed E-state index contributed by atoms with van der Waals surface area (Å²) < 4.78 is 10.2. The van der Waals surface area contributed by atoms with Crippen molar-refractivity contribution in [1.29, 1.82) is 0 Å². The predicted octanol–water partition coefficient (Wildman–Crippen LogP) is 1.60. The third-order valence-corrected chi connectivity index (χ3v) is 4.28. The highest BCUT2D eigenvalue weighted by Crippen LogP contribution is 2.18. The highest BCUT2D eigenvalue weighted by molar-refractivity contribution is 5.80. The summed E-state index contributed by atoms with van der Waals surface area (Å²) in [4.78, 5) is 25.8. The van der Waals surface area contributed by atoms with E-state index in [4.69, 9.17) is 9.15 Å². The quantitative estimate of drug-likeness (QED) is 0.828. The van der Waals surface area contributed by atoms with Crippen LogP contribution in [0.15, 0.2) is 22.8 Å². The first kappa shape index (κ1) is 17.5. The first-order valence-corrected chi connectivity index (χ1v) is 8.19. The average Bonchev–Trinajstić information content (AvgIpc) is 3.07. The third kappa shape index (κ3) is 5.39. The van der Waals surface area contributed by atoms with Gasteiger partial charge in [0.1, 0.15) is 12.4 Å². The zero-order valence-electron chi connectivity index (χ0n) is 13.9. The molecule has 1 saturated heterocycles. The lowest BCUT2D eigenvalue weighted by Crippen LogP contribution is -2.45. The number of nitrogens with one attached hydrogen (secondary N) is 1. The number of amides is 2. The summed E-state index contributed by atoms with van der Waals surface area (Å²) in [5.41, 5.74) is 0. The van der Waals surface area contributed by atoms with E-state index >= 15 is 0 Å². The zero-order chi connectivity index (χ0) is 16.7. The summed E-state index contributed by atoms with van der Waals surface area (Å²) in [6.07, 6.45) is 4.76. The van der Waals surface area contributed by atoms with E-state index in [1.807, 2.05) is 19.1 Å². The minimum absolute atomic E-state index is 0.00169. The number of carbonyl (C=O) groups excluding carboxylic acids is 2. The third-order valence-electron chi connectivity index (χ3n) is 4.28. The number of piperidine rings is 1. The van der Waals surface area contributed by atoms with Gasteiger partial charge in [-0.2, -0.15) is 0 Å². The molecule has 0 aromatic carbocycles. The molecule has 1 aromatic heterocycles. The summed E-state index contributed by atoms with van der Waals surface area (Å²) >= 11 is 0. The fourth-order valence-electron chi connectivity index (χ4n) is 2.85. The fourth-order valence-corrected chi connectivity index (χ4v) is 2.85. The van der Waals surface area contributed by atoms with Crippen LogP contribution in [0.1, 0.15) is 31.9 Å². The van der Waals surface area contributed by atoms with E-state index in [9.17, 15) is 9.59 Å². The Kier molecular flexibility index (Phi) is 6.65. The monoisotopic (exact) mass is 322 g/mol. The molecule has 128 valence electrons. The fraction of sp³-hybridized carbons (Fsp3) is 0.647. The second-order valence-electron chi connectivity index (χ2n) is 6.12. The zero-order valence-corrected chi connectivity index (χ0v) is 13.9. The lowest BCUT2D eigenvalue weighted by atomic mass is 9.95. The Bertz CT molecular complexity index is 493. The first-order valence-electron chi connectivity index (χ1n) is 8.19. The average molecular weight is 322 g/mol. The number of hydrogen-bond donors (Lipinski definition) is 1. The SMILES string of the molecule is COCC(=O)N1CCC(C(=O)N[C@H](C)CCc2ccco2)CC1. The summed E-state index contributed by atoms with van der Waals surface area (Å²) in [6, 6.07) is 3.93. The normalized spacial score (nSPS) is 17.0. The summed E-state index contributed by atoms with van der Waals surface area (Å²) in [6.45, 7) is 3.38. The molecule has 6 nitrogen and oxygen atoms in total. The Hall–Kier alpha value is -1.82. The van der Waals surface area contributed by atoms with Gasteiger partial charge in [-0.25, -0.2) is 0 Å². The maximum Gasteiger partial charge on any atom is 0.248 e. The van der Waals surface area contributed by atoms with Crippen LogP contribution in [0, 0.1) is 5.92 Å². The largest absolute Gasteiger partial charge is 0.469 e. The summed E-state index contributed by atoms with van der Waals surface area (Å²) in [7, 11) is 1.52. The highest BCUT2D eigenvalue weighted by atomic mass is 16.5. The Balaban J connectivity index is 1.69. The highest BCUT2D eigenvalue weighted by Gasteiger charge is 2.27. The van der Waals surface area contributed by atoms with Crippen molar-refractivity contribution in [2.24, 2.45) is 5.92 Å². The number of aryl methyl sites for hydroxylation is 1. The van der Waals surface area contributed by atoms with E-state index in [-0.39, 0.29) is 30.4 Å². The van der Waals surface area contributed by atoms with Crippen molar-refractivity contribution in [1.82, 2.24) is 10.2 Å². The van der Waals surface area contributed by atoms with Crippen LogP contribution in [0.4, 0.5) is 0 Å². The second kappa shape index (κ2) is 8.72. The molecule has 0 unspecified atom stereocenters. The first-order chi connectivity index (χ1) is 11.1. The molecule has 1 aromatic rings. The molecule has 2 heterocycles. The van der Waals surface area contributed by atoms with Crippen LogP contribution in [0.2, 0.25) is 0 Å². The molecule has 0 radical (unpaired) electrons. The van der Waals surface area contributed by atoms with Gasteiger partial charge in [-0.15, -0.1) is 0 Å². The lowest BCUT2D eigenvalue weighted by Gasteiger charge is -2.31. The minimum Gasteiger partial charge on any atom is -0.469 e. The molecule has 0 spiro atoms. The number of carbonyl (C=O) groups is 2. The Morgan fingerprint density at radius 3 is 2.78 bits per heavy atom. The Morgan fingerprint density at radius 1 is 1.43 bits per heavy atom. The number of hydrogen-bond acceptors (Lipinski definition) is 4. The molecule has 0 saturated carbocycles. The maximum atomic E-state index is 12.3. The van der Waals surface area contributed by atoms with Gasteiger partial charge in [-0.3, -0.25) is 9.59 Å². The van der Waals surface area contributed by atoms with Crippen LogP contribution in [0.3, 0.4) is 0 Å². The standard InChI is InChI=1S/C17H26N2O4/c1-13(5-6-15-4-3-11-23-15)18-17(21)14-7-9-19(10-8-14)16(20)12-22-2/h3-4,11,13-14H,5-10,12H2,1-2H3,(H,18,21)/t13-/m1/s1. The van der Waals surface area contributed by atoms with E-state index in [2.05, 4.69) is 5.32 Å². The van der Waals surface area contributed by atoms with Crippen molar-refractivity contribution in [3.8, 4) is 0 Å². The second-order valence-corrected chi connectivity index (χ2v) is 6.12. The summed E-state index contributed by atoms with van der Waals surface area (Å²) in [5, 5.41) is 3.07. The molecule has 1 aliphatic rings. The van der Waals surface area contributed by atoms with Crippen LogP contribution in [0.5, 0.6) is 0 Å². The van der Waals surface area contributed by atoms with Gasteiger partial charge in [0, 0.05) is 38.6 Å². The van der Waals surface area contributed by atoms with Crippen molar-refractivity contribution < 1.29 is 18.7 Å². The molecule has 1 N–H and O–H groups in total. The van der Waals surface area contributed by atoms with Gasteiger partial charge in [0.15, 0.2) is 0 Å². The molecule has 6 heteroatoms. The number of furan rings is 1. The Labute approximate surface area is 137 Å². The van der Waals surface area contributed by atoms with E-state index in [0.29, 0.717) is 25.9 Å². The number of rotatable bonds is 7. The van der Waals surface area contributed by atoms with E-state index < -0.39 is 0 Å². The van der Waals surface area contributed by atoms with Crippen LogP contribution in [-0.2, 0) is 20.7 Å². The van der Waals surface area contributed by atoms with Crippen molar-refractivity contribution in [2.45, 2.75) is 38.6 Å². The van der Waals surface area contributed by atoms with Crippen molar-refractivity contribution in [2.75, 3.05) is 26.8 Å². The van der Waals surface area contributed by atoms with Gasteiger partial charge < -0.3 is 19.4 Å². The Morgan fingerprint density at radius 2 is 2.17 bits per heavy atom. The van der Waals surface area contributed by atoms with E-state index in [0.717, 1.165) is 18.6 Å². The number of nitrogens with zero attached hydrogens (tertiary/aromatic N) is 1. The van der Waals surface area contributed by atoms with Crippen LogP contribution in [-0.4, -0.2) is 49.6 Å². The summed E-state index contributed by atoms with van der Waals surface area (Å²) in [5.74, 6) is 1.03. The lowest BCUT2D eigenvalue weighted by molar-refractivity contribution is -0.138. The molecule has 0 aliphatic carbocycles. The van der Waals surface area contributed by atoms with Crippen LogP contribution >= 0.6 is 0 Å². The van der Waals surface area contributed by atoms with Gasteiger partial charge in [0.05, 0.1) is 6.26 Å². The topological polar surface area (TPSA) is 71.8 Å². The molecular formula is C17H26N2O4. The number of ether oxygens (including phenoxy) is 1. The van der Waals surface area contributed by atoms with Crippen LogP contribution < -0.4 is 5.32 Å². The van der Waals surface area contributed by atoms with Crippen molar-refractivity contribution in [3.63, 3.8) is 0 Å². The van der Waals surface area contributed by atoms with Crippen molar-refractivity contribution in [3.05, 3.63) is 24.2 Å². The van der Waals surface area contributed by atoms with Gasteiger partial charge in [0.2, 0.25) is 11.8 Å². The molecule has 0 bridgehead atoms. The molecule has 2 rings (SSSR count). The van der Waals surface area contributed by atoms with Gasteiger partial charge >= 0.3 is 0 Å². The maximum absolute atomic E-state index is 12.3. The molecule has 2 amide bonds. The predicted molar refractivity (Wildman–Crippen MR) is 85.8 cm³/mol. The van der Waals surface area contributed by atoms with E-state index in [1.165, 1.54) is 7.11 Å². The van der Waals surface area contributed by atoms with Crippen LogP contribution in [0.25, 0.3) is 0 Å². The smallest absolute Gasteiger partial charge is 0.248 e. The minimum atomic E-state index is -0.00680. The molecule has 1 atom stereocenters. The number of likely N-dealkylation sites (tertiary alicyclic amines) is 1. The molecular weight excluding hydrogens is 296 g/mol. The molecule has 23 heavy (non-hydrogen) atoms. The molecule has 1 aliphatic heterocycles. The van der Waals surface area contributed by atoms with Crippen molar-refractivity contribution >= 4 is 11.8 Å². The molecule has 1 fully saturated rings. The number of methoxy groups -OCH3 is 1. The van der Waals surface area contributed by atoms with E-state index in [1.54, 1.807) is 11.2 Å². The van der Waals surface area contributed by atoms with Gasteiger partial charge in [-0.05, 0) is 38.3 Å². The van der Waals surface area contributed by atoms with Gasteiger partial charge in [0.25, 0.3) is 0 Å². The van der Waals surface area contributed by atoms with Gasteiger partial charge in [-0.1, -0.05) is 0 Å².